The van der Waals surface area contributed by atoms with Crippen LogP contribution in [0.4, 0.5) is 0 Å². The van der Waals surface area contributed by atoms with Gasteiger partial charge < -0.3 is 4.74 Å². The lowest BCUT2D eigenvalue weighted by molar-refractivity contribution is -0.162. The Morgan fingerprint density at radius 3 is 2.41 bits per heavy atom. The molecule has 2 aromatic rings. The molecule has 1 aliphatic rings. The predicted molar refractivity (Wildman–Crippen MR) is 88.3 cm³/mol. The maximum Gasteiger partial charge on any atom is 0.309 e. The Kier molecular flexibility index (Phi) is 4.42. The molecule has 114 valence electrons. The average Bonchev–Trinajstić information content (AvgIpc) is 2.50. The Hall–Kier alpha value is -1.51. The number of carbonyl (C=O) groups excluding carboxylic acids is 1. The van der Waals surface area contributed by atoms with Crippen molar-refractivity contribution >= 4 is 29.2 Å². The van der Waals surface area contributed by atoms with Gasteiger partial charge in [0.05, 0.1) is 5.92 Å². The van der Waals surface area contributed by atoms with Crippen LogP contribution >= 0.6 is 23.2 Å². The summed E-state index contributed by atoms with van der Waals surface area (Å²) in [6.07, 6.45) is 0.436. The highest BCUT2D eigenvalue weighted by Crippen LogP contribution is 2.43. The molecule has 0 amide bonds. The number of carbonyl (C=O) groups is 1. The van der Waals surface area contributed by atoms with Crippen LogP contribution in [0.15, 0.2) is 48.5 Å². The van der Waals surface area contributed by atoms with E-state index in [-0.39, 0.29) is 23.9 Å². The summed E-state index contributed by atoms with van der Waals surface area (Å²) in [5.74, 6) is -0.182. The molecule has 1 saturated heterocycles. The zero-order valence-electron chi connectivity index (χ0n) is 12.1. The first-order valence-corrected chi connectivity index (χ1v) is 8.01. The molecule has 0 aromatic heterocycles. The van der Waals surface area contributed by atoms with E-state index in [9.17, 15) is 4.79 Å². The number of hydrogen-bond acceptors (Lipinski definition) is 2. The normalized spacial score (nSPS) is 24.9. The van der Waals surface area contributed by atoms with Crippen LogP contribution in [-0.4, -0.2) is 5.97 Å². The molecule has 3 atom stereocenters. The van der Waals surface area contributed by atoms with E-state index in [1.807, 2.05) is 55.5 Å². The van der Waals surface area contributed by atoms with Crippen LogP contribution in [-0.2, 0) is 9.53 Å². The van der Waals surface area contributed by atoms with E-state index in [2.05, 4.69) is 0 Å². The maximum atomic E-state index is 12.0. The minimum atomic E-state index is -0.306. The Bertz CT molecular complexity index is 682. The van der Waals surface area contributed by atoms with Gasteiger partial charge in [-0.1, -0.05) is 54.4 Å². The van der Waals surface area contributed by atoms with Gasteiger partial charge in [0.15, 0.2) is 0 Å². The standard InChI is InChI=1S/C18H16Cl2O2/c1-11-9-16(13-3-2-4-15(20)10-13)17(22-18(11)21)12-5-7-14(19)8-6-12/h2-8,10-11,16-17H,9H2,1H3/t11-,16?,17+/m0/s1. The van der Waals surface area contributed by atoms with Crippen molar-refractivity contribution in [3.8, 4) is 0 Å². The van der Waals surface area contributed by atoms with Gasteiger partial charge in [-0.3, -0.25) is 4.79 Å². The van der Waals surface area contributed by atoms with Crippen molar-refractivity contribution in [2.75, 3.05) is 0 Å². The molecule has 0 bridgehead atoms. The Morgan fingerprint density at radius 1 is 1.00 bits per heavy atom. The molecule has 0 spiro atoms. The van der Waals surface area contributed by atoms with Crippen molar-refractivity contribution in [1.82, 2.24) is 0 Å². The first kappa shape index (κ1) is 15.4. The fourth-order valence-corrected chi connectivity index (χ4v) is 3.25. The lowest BCUT2D eigenvalue weighted by Gasteiger charge is -2.35. The lowest BCUT2D eigenvalue weighted by Crippen LogP contribution is -2.30. The molecule has 1 aliphatic heterocycles. The number of halogens is 2. The summed E-state index contributed by atoms with van der Waals surface area (Å²) >= 11 is 12.1. The highest BCUT2D eigenvalue weighted by atomic mass is 35.5. The number of cyclic esters (lactones) is 1. The second-order valence-electron chi connectivity index (χ2n) is 5.71. The molecule has 2 nitrogen and oxygen atoms in total. The molecule has 1 heterocycles. The van der Waals surface area contributed by atoms with Crippen molar-refractivity contribution in [3.05, 3.63) is 69.7 Å². The highest BCUT2D eigenvalue weighted by molar-refractivity contribution is 6.30. The third kappa shape index (κ3) is 3.13. The third-order valence-corrected chi connectivity index (χ3v) is 4.58. The second-order valence-corrected chi connectivity index (χ2v) is 6.58. The fraction of sp³-hybridized carbons (Fsp3) is 0.278. The number of rotatable bonds is 2. The quantitative estimate of drug-likeness (QED) is 0.687. The summed E-state index contributed by atoms with van der Waals surface area (Å²) in [6, 6.07) is 15.2. The average molecular weight is 335 g/mol. The summed E-state index contributed by atoms with van der Waals surface area (Å²) in [5, 5.41) is 1.36. The minimum absolute atomic E-state index is 0.0903. The molecule has 0 radical (unpaired) electrons. The highest BCUT2D eigenvalue weighted by Gasteiger charge is 2.37. The van der Waals surface area contributed by atoms with Crippen LogP contribution in [0.3, 0.4) is 0 Å². The molecular weight excluding hydrogens is 319 g/mol. The van der Waals surface area contributed by atoms with Gasteiger partial charge in [-0.2, -0.15) is 0 Å². The molecule has 0 N–H and O–H groups in total. The number of hydrogen-bond donors (Lipinski definition) is 0. The second kappa shape index (κ2) is 6.31. The van der Waals surface area contributed by atoms with Crippen molar-refractivity contribution in [3.63, 3.8) is 0 Å². The predicted octanol–water partition coefficient (Wildman–Crippen LogP) is 5.40. The first-order valence-electron chi connectivity index (χ1n) is 7.26. The summed E-state index contributed by atoms with van der Waals surface area (Å²) in [6.45, 7) is 1.90. The largest absolute Gasteiger partial charge is 0.457 e. The van der Waals surface area contributed by atoms with E-state index in [1.165, 1.54) is 0 Å². The van der Waals surface area contributed by atoms with Crippen molar-refractivity contribution in [2.24, 2.45) is 5.92 Å². The SMILES string of the molecule is C[C@H]1CC(c2cccc(Cl)c2)[C@@H](c2ccc(Cl)cc2)OC1=O. The van der Waals surface area contributed by atoms with Crippen LogP contribution < -0.4 is 0 Å². The van der Waals surface area contributed by atoms with Gasteiger partial charge in [0.1, 0.15) is 6.10 Å². The first-order chi connectivity index (χ1) is 10.5. The monoisotopic (exact) mass is 334 g/mol. The molecule has 1 fully saturated rings. The Morgan fingerprint density at radius 2 is 1.73 bits per heavy atom. The summed E-state index contributed by atoms with van der Waals surface area (Å²) in [7, 11) is 0. The van der Waals surface area contributed by atoms with E-state index in [4.69, 9.17) is 27.9 Å². The van der Waals surface area contributed by atoms with Crippen molar-refractivity contribution in [2.45, 2.75) is 25.4 Å². The van der Waals surface area contributed by atoms with Gasteiger partial charge in [-0.25, -0.2) is 0 Å². The van der Waals surface area contributed by atoms with Crippen molar-refractivity contribution < 1.29 is 9.53 Å². The van der Waals surface area contributed by atoms with Crippen LogP contribution in [0.5, 0.6) is 0 Å². The summed E-state index contributed by atoms with van der Waals surface area (Å²) < 4.78 is 5.71. The molecule has 2 aromatic carbocycles. The smallest absolute Gasteiger partial charge is 0.309 e. The van der Waals surface area contributed by atoms with Crippen molar-refractivity contribution in [1.29, 1.82) is 0 Å². The molecule has 0 saturated carbocycles. The fourth-order valence-electron chi connectivity index (χ4n) is 2.93. The van der Waals surface area contributed by atoms with Gasteiger partial charge in [0, 0.05) is 16.0 Å². The number of benzene rings is 2. The van der Waals surface area contributed by atoms with Crippen LogP contribution in [0.2, 0.25) is 10.0 Å². The molecule has 1 unspecified atom stereocenters. The molecule has 4 heteroatoms. The van der Waals surface area contributed by atoms with E-state index in [1.54, 1.807) is 0 Å². The number of esters is 1. The van der Waals surface area contributed by atoms with E-state index in [0.29, 0.717) is 10.0 Å². The topological polar surface area (TPSA) is 26.3 Å². The van der Waals surface area contributed by atoms with Crippen LogP contribution in [0.1, 0.15) is 36.5 Å². The molecule has 22 heavy (non-hydrogen) atoms. The van der Waals surface area contributed by atoms with Crippen LogP contribution in [0.25, 0.3) is 0 Å². The minimum Gasteiger partial charge on any atom is -0.457 e. The van der Waals surface area contributed by atoms with Gasteiger partial charge in [0.2, 0.25) is 0 Å². The molecule has 0 aliphatic carbocycles. The lowest BCUT2D eigenvalue weighted by atomic mass is 9.80. The van der Waals surface area contributed by atoms with E-state index < -0.39 is 0 Å². The van der Waals surface area contributed by atoms with Gasteiger partial charge in [-0.15, -0.1) is 0 Å². The van der Waals surface area contributed by atoms with Gasteiger partial charge >= 0.3 is 5.97 Å². The number of ether oxygens (including phenoxy) is 1. The Balaban J connectivity index is 1.99. The van der Waals surface area contributed by atoms with E-state index >= 15 is 0 Å². The molecule has 3 rings (SSSR count). The summed E-state index contributed by atoms with van der Waals surface area (Å²) in [4.78, 5) is 12.0. The maximum absolute atomic E-state index is 12.0. The Labute approximate surface area is 140 Å². The van der Waals surface area contributed by atoms with Crippen LogP contribution in [0, 0.1) is 5.92 Å². The zero-order valence-corrected chi connectivity index (χ0v) is 13.6. The molecular formula is C18H16Cl2O2. The van der Waals surface area contributed by atoms with Gasteiger partial charge in [0.25, 0.3) is 0 Å². The third-order valence-electron chi connectivity index (χ3n) is 4.09. The zero-order chi connectivity index (χ0) is 15.7. The summed E-state index contributed by atoms with van der Waals surface area (Å²) in [5.41, 5.74) is 2.04. The van der Waals surface area contributed by atoms with Gasteiger partial charge in [-0.05, 0) is 41.8 Å². The van der Waals surface area contributed by atoms with E-state index in [0.717, 1.165) is 17.5 Å².